The summed E-state index contributed by atoms with van der Waals surface area (Å²) in [5.74, 6) is 1.40. The summed E-state index contributed by atoms with van der Waals surface area (Å²) in [6, 6.07) is 29.6. The number of thiophene rings is 2. The summed E-state index contributed by atoms with van der Waals surface area (Å²) in [7, 11) is -2.32. The predicted molar refractivity (Wildman–Crippen MR) is 288 cm³/mol. The van der Waals surface area contributed by atoms with Crippen molar-refractivity contribution in [1.29, 1.82) is 0 Å². The quantitative estimate of drug-likeness (QED) is 0.0898. The molecule has 2 atom stereocenters. The normalized spacial score (nSPS) is 14.3. The maximum Gasteiger partial charge on any atom is 0.127 e. The number of aromatic nitrogens is 6. The van der Waals surface area contributed by atoms with Gasteiger partial charge in [0.25, 0.3) is 0 Å². The molecule has 11 rings (SSSR count). The van der Waals surface area contributed by atoms with Gasteiger partial charge in [-0.05, 0) is 108 Å². The fraction of sp³-hybridized carbons (Fsp3) is 0.346. The molecular formula is C52H52N6S6Si. The number of rotatable bonds is 16. The number of thiazole rings is 2. The van der Waals surface area contributed by atoms with Gasteiger partial charge in [-0.25, -0.2) is 9.97 Å². The van der Waals surface area contributed by atoms with E-state index in [9.17, 15) is 0 Å². The molecule has 65 heavy (non-hydrogen) atoms. The highest BCUT2D eigenvalue weighted by Gasteiger charge is 2.50. The van der Waals surface area contributed by atoms with Crippen LogP contribution in [0.15, 0.2) is 72.8 Å². The largest absolute Gasteiger partial charge is 0.236 e. The van der Waals surface area contributed by atoms with Crippen molar-refractivity contribution in [3.63, 3.8) is 0 Å². The lowest BCUT2D eigenvalue weighted by molar-refractivity contribution is 0.469. The summed E-state index contributed by atoms with van der Waals surface area (Å²) in [6.07, 6.45) is 10.2. The molecule has 0 radical (unpaired) electrons. The number of unbranched alkanes of at least 4 members (excludes halogenated alkanes) is 2. The average Bonchev–Trinajstić information content (AvgIpc) is 4.18. The molecule has 0 amide bonds. The Balaban J connectivity index is 1.10. The molecule has 6 aromatic heterocycles. The standard InChI is InChI=1S/C52H52N6S6Si/c1-7-11-17-31(9-3)27-65(28-32(10-4)18-12-8-2)41-25-39(33-23-29(5)43(47-45(33)55-63-57-47)51-53-35-19-13-15-21-37(35)61-51)59-49(41)50-42(65)26-40(60-50)34-24-30(6)44(48-46(34)56-64-58-48)52-54-36-20-14-16-22-38(36)62-52/h13-16,19-26,31-32H,7-12,17-18,27-28H2,1-6H3. The van der Waals surface area contributed by atoms with Crippen molar-refractivity contribution in [2.24, 2.45) is 11.8 Å². The van der Waals surface area contributed by atoms with E-state index in [0.29, 0.717) is 11.8 Å². The van der Waals surface area contributed by atoms with E-state index in [-0.39, 0.29) is 0 Å². The lowest BCUT2D eigenvalue weighted by Gasteiger charge is -2.35. The summed E-state index contributed by atoms with van der Waals surface area (Å²) in [4.78, 5) is 15.9. The van der Waals surface area contributed by atoms with E-state index >= 15 is 0 Å². The zero-order chi connectivity index (χ0) is 44.4. The lowest BCUT2D eigenvalue weighted by Crippen LogP contribution is -2.56. The Labute approximate surface area is 406 Å². The van der Waals surface area contributed by atoms with Crippen molar-refractivity contribution < 1.29 is 0 Å². The zero-order valence-corrected chi connectivity index (χ0v) is 43.7. The van der Waals surface area contributed by atoms with E-state index in [2.05, 4.69) is 114 Å². The van der Waals surface area contributed by atoms with Crippen molar-refractivity contribution in [1.82, 2.24) is 27.5 Å². The molecule has 1 aliphatic heterocycles. The maximum atomic E-state index is 5.11. The highest BCUT2D eigenvalue weighted by atomic mass is 32.1. The topological polar surface area (TPSA) is 77.3 Å². The highest BCUT2D eigenvalue weighted by molar-refractivity contribution is 7.32. The minimum atomic E-state index is -2.32. The van der Waals surface area contributed by atoms with Crippen LogP contribution in [0.2, 0.25) is 12.1 Å². The smallest absolute Gasteiger partial charge is 0.127 e. The van der Waals surface area contributed by atoms with Crippen LogP contribution in [0.5, 0.6) is 0 Å². The SMILES string of the molecule is CCCCC(CC)C[Si]1(CC(CC)CCCC)c2cc(-c3cc(C)c(-c4nc5ccccc5s4)c4nsnc34)sc2-c2sc(-c3cc(C)c(-c4nc5ccccc5s4)c4nsnc34)cc21. The van der Waals surface area contributed by atoms with Crippen molar-refractivity contribution in [2.75, 3.05) is 0 Å². The molecular weight excluding hydrogens is 929 g/mol. The summed E-state index contributed by atoms with van der Waals surface area (Å²) in [5.41, 5.74) is 13.1. The number of hydrogen-bond donors (Lipinski definition) is 0. The van der Waals surface area contributed by atoms with Crippen LogP contribution in [0.1, 0.15) is 90.2 Å². The molecule has 4 aromatic carbocycles. The number of para-hydroxylation sites is 2. The fourth-order valence-corrected chi connectivity index (χ4v) is 24.4. The number of hydrogen-bond acceptors (Lipinski definition) is 12. The first-order chi connectivity index (χ1) is 31.8. The Morgan fingerprint density at radius 2 is 0.954 bits per heavy atom. The van der Waals surface area contributed by atoms with Crippen molar-refractivity contribution in [2.45, 2.75) is 105 Å². The molecule has 0 aliphatic carbocycles. The number of fused-ring (bicyclic) bond motifs is 7. The minimum Gasteiger partial charge on any atom is -0.236 e. The van der Waals surface area contributed by atoms with E-state index < -0.39 is 8.07 Å². The second kappa shape index (κ2) is 17.9. The monoisotopic (exact) mass is 980 g/mol. The average molecular weight is 982 g/mol. The van der Waals surface area contributed by atoms with E-state index in [1.165, 1.54) is 138 Å². The van der Waals surface area contributed by atoms with Gasteiger partial charge in [0.1, 0.15) is 40.2 Å². The Bertz CT molecular complexity index is 3080. The van der Waals surface area contributed by atoms with Crippen LogP contribution in [0, 0.1) is 25.7 Å². The van der Waals surface area contributed by atoms with Crippen LogP contribution in [0.25, 0.3) is 94.3 Å². The molecule has 13 heteroatoms. The highest BCUT2D eigenvalue weighted by Crippen LogP contribution is 2.51. The van der Waals surface area contributed by atoms with Gasteiger partial charge in [-0.2, -0.15) is 17.5 Å². The first-order valence-electron chi connectivity index (χ1n) is 23.4. The second-order valence-corrected chi connectivity index (χ2v) is 27.4. The molecule has 1 aliphatic rings. The molecule has 0 spiro atoms. The first-order valence-corrected chi connectivity index (χ1v) is 30.5. The van der Waals surface area contributed by atoms with E-state index in [4.69, 9.17) is 27.5 Å². The van der Waals surface area contributed by atoms with Crippen LogP contribution >= 0.6 is 68.8 Å². The van der Waals surface area contributed by atoms with Crippen molar-refractivity contribution in [3.05, 3.63) is 83.9 Å². The molecule has 0 saturated carbocycles. The van der Waals surface area contributed by atoms with Gasteiger partial charge in [0.2, 0.25) is 0 Å². The third-order valence-corrected chi connectivity index (χ3v) is 25.5. The van der Waals surface area contributed by atoms with Crippen LogP contribution in [0.3, 0.4) is 0 Å². The Morgan fingerprint density at radius 3 is 1.37 bits per heavy atom. The molecule has 330 valence electrons. The van der Waals surface area contributed by atoms with Crippen molar-refractivity contribution in [3.8, 4) is 51.8 Å². The minimum absolute atomic E-state index is 0.699. The molecule has 6 nitrogen and oxygen atoms in total. The summed E-state index contributed by atoms with van der Waals surface area (Å²) in [6.45, 7) is 14.1. The molecule has 10 aromatic rings. The van der Waals surface area contributed by atoms with Gasteiger partial charge in [0, 0.05) is 41.8 Å². The first kappa shape index (κ1) is 43.5. The molecule has 2 unspecified atom stereocenters. The molecule has 7 heterocycles. The molecule has 0 bridgehead atoms. The van der Waals surface area contributed by atoms with E-state index in [1.807, 2.05) is 22.7 Å². The van der Waals surface area contributed by atoms with Gasteiger partial charge in [-0.15, -0.1) is 45.3 Å². The zero-order valence-electron chi connectivity index (χ0n) is 37.8. The number of nitrogens with zero attached hydrogens (tertiary/aromatic N) is 6. The Kier molecular flexibility index (Phi) is 11.9. The van der Waals surface area contributed by atoms with E-state index in [1.54, 1.807) is 33.0 Å². The number of aryl methyl sites for hydroxylation is 2. The maximum absolute atomic E-state index is 5.11. The Hall–Kier alpha value is -4.08. The molecule has 0 fully saturated rings. The molecule has 0 N–H and O–H groups in total. The predicted octanol–water partition coefficient (Wildman–Crippen LogP) is 16.3. The van der Waals surface area contributed by atoms with Gasteiger partial charge in [0.15, 0.2) is 0 Å². The summed E-state index contributed by atoms with van der Waals surface area (Å²) in [5, 5.41) is 5.41. The van der Waals surface area contributed by atoms with Gasteiger partial charge in [0.05, 0.1) is 43.9 Å². The summed E-state index contributed by atoms with van der Waals surface area (Å²) < 4.78 is 22.5. The van der Waals surface area contributed by atoms with Gasteiger partial charge in [-0.1, -0.05) is 103 Å². The third-order valence-electron chi connectivity index (χ3n) is 14.1. The fourth-order valence-electron chi connectivity index (χ4n) is 10.7. The van der Waals surface area contributed by atoms with E-state index in [0.717, 1.165) is 54.2 Å². The van der Waals surface area contributed by atoms with Crippen LogP contribution < -0.4 is 10.4 Å². The molecule has 0 saturated heterocycles. The van der Waals surface area contributed by atoms with Crippen LogP contribution in [-0.4, -0.2) is 35.5 Å². The van der Waals surface area contributed by atoms with Gasteiger partial charge >= 0.3 is 0 Å². The number of benzene rings is 4. The van der Waals surface area contributed by atoms with Crippen molar-refractivity contribution >= 4 is 130 Å². The van der Waals surface area contributed by atoms with Crippen LogP contribution in [0.4, 0.5) is 0 Å². The van der Waals surface area contributed by atoms with Gasteiger partial charge in [-0.3, -0.25) is 0 Å². The van der Waals surface area contributed by atoms with Gasteiger partial charge < -0.3 is 0 Å². The van der Waals surface area contributed by atoms with Crippen LogP contribution in [-0.2, 0) is 0 Å². The lowest BCUT2D eigenvalue weighted by atomic mass is 10.0. The summed E-state index contributed by atoms with van der Waals surface area (Å²) >= 11 is 10.2. The third kappa shape index (κ3) is 7.48. The Morgan fingerprint density at radius 1 is 0.523 bits per heavy atom. The second-order valence-electron chi connectivity index (χ2n) is 18.2.